The van der Waals surface area contributed by atoms with Gasteiger partial charge in [-0.3, -0.25) is 4.79 Å². The van der Waals surface area contributed by atoms with Crippen LogP contribution in [0.1, 0.15) is 37.8 Å². The maximum Gasteiger partial charge on any atom is 0.180 e. The number of Topliss-reactive ketones (excluding diaryl/α,β-unsaturated/α-hetero) is 1. The third-order valence-electron chi connectivity index (χ3n) is 5.58. The second kappa shape index (κ2) is 6.05. The maximum absolute atomic E-state index is 13.3. The van der Waals surface area contributed by atoms with Gasteiger partial charge in [0.2, 0.25) is 0 Å². The minimum absolute atomic E-state index is 0.0107. The predicted octanol–water partition coefficient (Wildman–Crippen LogP) is 6.78. The number of anilines is 1. The zero-order valence-corrected chi connectivity index (χ0v) is 17.8. The number of thiophene rings is 1. The Morgan fingerprint density at radius 1 is 1.04 bits per heavy atom. The number of hydrogen-bond donors (Lipinski definition) is 0. The number of ketones is 1. The highest BCUT2D eigenvalue weighted by Gasteiger charge is 2.40. The Bertz CT molecular complexity index is 1120. The van der Waals surface area contributed by atoms with E-state index in [4.69, 9.17) is 0 Å². The molecule has 0 unspecified atom stereocenters. The van der Waals surface area contributed by atoms with Gasteiger partial charge in [-0.15, -0.1) is 11.3 Å². The van der Waals surface area contributed by atoms with Crippen molar-refractivity contribution in [3.63, 3.8) is 0 Å². The number of fused-ring (bicyclic) bond motifs is 4. The standard InChI is InChI=1S/C23H20BrNOS/c1-23(2)11-17-21-15(8-7-14-5-3-4-6-16(14)21)13-25(22(17)18(26)12-23)20-10-9-19(24)27-20/h3-10H,11-13H2,1-2H3. The van der Waals surface area contributed by atoms with Crippen LogP contribution in [0.2, 0.25) is 0 Å². The van der Waals surface area contributed by atoms with Crippen LogP contribution in [0.25, 0.3) is 16.3 Å². The molecule has 27 heavy (non-hydrogen) atoms. The van der Waals surface area contributed by atoms with Crippen molar-refractivity contribution in [3.8, 4) is 0 Å². The summed E-state index contributed by atoms with van der Waals surface area (Å²) in [4.78, 5) is 15.5. The van der Waals surface area contributed by atoms with Gasteiger partial charge in [-0.05, 0) is 67.4 Å². The first kappa shape index (κ1) is 17.2. The maximum atomic E-state index is 13.3. The topological polar surface area (TPSA) is 20.3 Å². The quantitative estimate of drug-likeness (QED) is 0.417. The average Bonchev–Trinajstić information content (AvgIpc) is 3.05. The van der Waals surface area contributed by atoms with Gasteiger partial charge in [0.05, 0.1) is 14.5 Å². The van der Waals surface area contributed by atoms with E-state index in [-0.39, 0.29) is 11.2 Å². The SMILES string of the molecule is CC1(C)CC(=O)C2=C(C1)c1c(ccc3ccccc13)CN2c1ccc(Br)s1. The van der Waals surface area contributed by atoms with Gasteiger partial charge >= 0.3 is 0 Å². The van der Waals surface area contributed by atoms with E-state index in [0.717, 1.165) is 27.5 Å². The molecular weight excluding hydrogens is 418 g/mol. The van der Waals surface area contributed by atoms with Crippen LogP contribution >= 0.6 is 27.3 Å². The predicted molar refractivity (Wildman–Crippen MR) is 117 cm³/mol. The zero-order valence-electron chi connectivity index (χ0n) is 15.4. The number of carbonyl (C=O) groups excluding carboxylic acids is 1. The van der Waals surface area contributed by atoms with Gasteiger partial charge in [-0.1, -0.05) is 50.2 Å². The Kier molecular flexibility index (Phi) is 3.85. The second-order valence-corrected chi connectivity index (χ2v) is 10.7. The van der Waals surface area contributed by atoms with Crippen molar-refractivity contribution in [2.75, 3.05) is 4.90 Å². The molecule has 3 aromatic rings. The van der Waals surface area contributed by atoms with Crippen LogP contribution in [0.4, 0.5) is 5.00 Å². The van der Waals surface area contributed by atoms with Gasteiger partial charge in [0.15, 0.2) is 5.78 Å². The number of rotatable bonds is 1. The molecule has 2 aromatic carbocycles. The van der Waals surface area contributed by atoms with Crippen LogP contribution < -0.4 is 4.90 Å². The van der Waals surface area contributed by atoms with Gasteiger partial charge in [-0.25, -0.2) is 0 Å². The minimum Gasteiger partial charge on any atom is -0.326 e. The number of halogens is 1. The highest BCUT2D eigenvalue weighted by Crippen LogP contribution is 2.49. The molecule has 0 N–H and O–H groups in total. The van der Waals surface area contributed by atoms with E-state index in [1.165, 1.54) is 27.5 Å². The van der Waals surface area contributed by atoms with Gasteiger partial charge in [0, 0.05) is 13.0 Å². The lowest BCUT2D eigenvalue weighted by atomic mass is 9.71. The first-order valence-electron chi connectivity index (χ1n) is 9.23. The van der Waals surface area contributed by atoms with E-state index in [9.17, 15) is 4.79 Å². The first-order valence-corrected chi connectivity index (χ1v) is 10.8. The summed E-state index contributed by atoms with van der Waals surface area (Å²) in [6, 6.07) is 17.2. The van der Waals surface area contributed by atoms with Crippen molar-refractivity contribution < 1.29 is 4.79 Å². The molecule has 1 aliphatic heterocycles. The average molecular weight is 438 g/mol. The number of hydrogen-bond acceptors (Lipinski definition) is 3. The van der Waals surface area contributed by atoms with Crippen LogP contribution in [0.3, 0.4) is 0 Å². The first-order chi connectivity index (χ1) is 12.9. The van der Waals surface area contributed by atoms with E-state index in [1.807, 2.05) is 0 Å². The van der Waals surface area contributed by atoms with E-state index in [2.05, 4.69) is 83.2 Å². The van der Waals surface area contributed by atoms with Crippen molar-refractivity contribution in [3.05, 3.63) is 69.1 Å². The molecule has 2 aliphatic rings. The fraction of sp³-hybridized carbons (Fsp3) is 0.261. The molecule has 0 saturated carbocycles. The van der Waals surface area contributed by atoms with Crippen LogP contribution in [0.15, 0.2) is 58.0 Å². The van der Waals surface area contributed by atoms with Crippen LogP contribution in [0, 0.1) is 5.41 Å². The molecule has 0 bridgehead atoms. The highest BCUT2D eigenvalue weighted by atomic mass is 79.9. The molecule has 0 amide bonds. The molecule has 0 atom stereocenters. The smallest absolute Gasteiger partial charge is 0.180 e. The molecular formula is C23H20BrNOS. The molecule has 4 heteroatoms. The summed E-state index contributed by atoms with van der Waals surface area (Å²) in [7, 11) is 0. The minimum atomic E-state index is -0.0107. The Morgan fingerprint density at radius 3 is 2.63 bits per heavy atom. The third-order valence-corrected chi connectivity index (χ3v) is 7.23. The van der Waals surface area contributed by atoms with E-state index >= 15 is 0 Å². The molecule has 2 heterocycles. The molecule has 1 aliphatic carbocycles. The van der Waals surface area contributed by atoms with Crippen molar-refractivity contribution in [1.82, 2.24) is 0 Å². The summed E-state index contributed by atoms with van der Waals surface area (Å²) in [6.07, 6.45) is 1.53. The number of benzene rings is 2. The summed E-state index contributed by atoms with van der Waals surface area (Å²) >= 11 is 5.26. The number of allylic oxidation sites excluding steroid dienone is 2. The molecule has 2 nitrogen and oxygen atoms in total. The summed E-state index contributed by atoms with van der Waals surface area (Å²) in [5.41, 5.74) is 4.72. The molecule has 1 aromatic heterocycles. The third kappa shape index (κ3) is 2.77. The monoisotopic (exact) mass is 437 g/mol. The molecule has 0 radical (unpaired) electrons. The van der Waals surface area contributed by atoms with Crippen molar-refractivity contribution in [2.24, 2.45) is 5.41 Å². The summed E-state index contributed by atoms with van der Waals surface area (Å²) in [5, 5.41) is 3.63. The van der Waals surface area contributed by atoms with Gasteiger partial charge in [0.25, 0.3) is 0 Å². The van der Waals surface area contributed by atoms with E-state index in [0.29, 0.717) is 6.42 Å². The fourth-order valence-corrected chi connectivity index (χ4v) is 5.89. The summed E-state index contributed by atoms with van der Waals surface area (Å²) in [5.74, 6) is 0.268. The van der Waals surface area contributed by atoms with Crippen molar-refractivity contribution in [2.45, 2.75) is 33.2 Å². The van der Waals surface area contributed by atoms with E-state index < -0.39 is 0 Å². The highest BCUT2D eigenvalue weighted by molar-refractivity contribution is 9.11. The largest absolute Gasteiger partial charge is 0.326 e. The normalized spacial score (nSPS) is 18.6. The molecule has 136 valence electrons. The Hall–Kier alpha value is -1.91. The van der Waals surface area contributed by atoms with Crippen molar-refractivity contribution in [1.29, 1.82) is 0 Å². The second-order valence-electron chi connectivity index (χ2n) is 8.25. The van der Waals surface area contributed by atoms with Crippen molar-refractivity contribution >= 4 is 54.4 Å². The van der Waals surface area contributed by atoms with Gasteiger partial charge < -0.3 is 4.90 Å². The van der Waals surface area contributed by atoms with E-state index in [1.54, 1.807) is 11.3 Å². The van der Waals surface area contributed by atoms with Gasteiger partial charge in [0.1, 0.15) is 0 Å². The fourth-order valence-electron chi connectivity index (χ4n) is 4.52. The summed E-state index contributed by atoms with van der Waals surface area (Å²) in [6.45, 7) is 5.17. The Balaban J connectivity index is 1.81. The number of nitrogens with zero attached hydrogens (tertiary/aromatic N) is 1. The molecule has 0 saturated heterocycles. The molecule has 0 spiro atoms. The molecule has 0 fully saturated rings. The number of carbonyl (C=O) groups is 1. The van der Waals surface area contributed by atoms with Crippen LogP contribution in [-0.4, -0.2) is 5.78 Å². The summed E-state index contributed by atoms with van der Waals surface area (Å²) < 4.78 is 1.09. The lowest BCUT2D eigenvalue weighted by molar-refractivity contribution is -0.117. The molecule has 5 rings (SSSR count). The Morgan fingerprint density at radius 2 is 1.85 bits per heavy atom. The van der Waals surface area contributed by atoms with Crippen LogP contribution in [-0.2, 0) is 11.3 Å². The lowest BCUT2D eigenvalue weighted by Crippen LogP contribution is -2.37. The Labute approximate surface area is 171 Å². The lowest BCUT2D eigenvalue weighted by Gasteiger charge is -2.41. The van der Waals surface area contributed by atoms with Gasteiger partial charge in [-0.2, -0.15) is 0 Å². The van der Waals surface area contributed by atoms with Crippen LogP contribution in [0.5, 0.6) is 0 Å². The zero-order chi connectivity index (χ0) is 18.8.